The largest absolute Gasteiger partial charge is 0.463 e. The molecule has 2 saturated heterocycles. The fraction of sp³-hybridized carbons (Fsp3) is 0.458. The van der Waals surface area contributed by atoms with Crippen molar-refractivity contribution in [1.29, 1.82) is 0 Å². The molecule has 2 aromatic rings. The average molecular weight is 486 g/mol. The number of carbonyl (C=O) groups excluding carboxylic acids is 1. The van der Waals surface area contributed by atoms with Gasteiger partial charge >= 0.3 is 5.97 Å². The molecule has 0 spiro atoms. The number of thiazole rings is 1. The molecule has 0 unspecified atom stereocenters. The standard InChI is InChI=1S/C24H28FN5O3S/c1-3-32-24(31)20-17(13-30-8-9-33-19-12-26-11-18(19)30)28-22(23-27-7-10-34-23)29-21(20)15-5-4-6-16(25)14(15)2/h4-7,10,18-19,21,26H,3,8-9,11-13H2,1-2H3,(H,28,29)/t18-,19-,21-/m0/s1. The summed E-state index contributed by atoms with van der Waals surface area (Å²) < 4.78 is 26.0. The Morgan fingerprint density at radius 1 is 1.38 bits per heavy atom. The van der Waals surface area contributed by atoms with E-state index in [-0.39, 0.29) is 24.6 Å². The van der Waals surface area contributed by atoms with E-state index >= 15 is 0 Å². The molecule has 2 N–H and O–H groups in total. The van der Waals surface area contributed by atoms with Crippen LogP contribution in [0.5, 0.6) is 0 Å². The predicted molar refractivity (Wildman–Crippen MR) is 127 cm³/mol. The van der Waals surface area contributed by atoms with E-state index in [1.54, 1.807) is 26.1 Å². The lowest BCUT2D eigenvalue weighted by Crippen LogP contribution is -2.53. The van der Waals surface area contributed by atoms with Gasteiger partial charge in [-0.15, -0.1) is 11.3 Å². The Hall–Kier alpha value is -2.66. The van der Waals surface area contributed by atoms with Crippen molar-refractivity contribution in [1.82, 2.24) is 20.5 Å². The fourth-order valence-electron chi connectivity index (χ4n) is 4.83. The quantitative estimate of drug-likeness (QED) is 0.607. The van der Waals surface area contributed by atoms with Gasteiger partial charge in [0.05, 0.1) is 30.9 Å². The monoisotopic (exact) mass is 485 g/mol. The molecule has 0 aliphatic carbocycles. The number of ether oxygens (including phenoxy) is 2. The minimum Gasteiger partial charge on any atom is -0.463 e. The molecule has 0 radical (unpaired) electrons. The molecular formula is C24H28FN5O3S. The predicted octanol–water partition coefficient (Wildman–Crippen LogP) is 2.17. The minimum atomic E-state index is -0.705. The number of halogens is 1. The van der Waals surface area contributed by atoms with Crippen molar-refractivity contribution in [3.63, 3.8) is 0 Å². The molecule has 0 saturated carbocycles. The van der Waals surface area contributed by atoms with Gasteiger partial charge in [0, 0.05) is 43.5 Å². The zero-order valence-corrected chi connectivity index (χ0v) is 20.0. The molecule has 1 aromatic carbocycles. The number of nitrogens with zero attached hydrogens (tertiary/aromatic N) is 3. The van der Waals surface area contributed by atoms with Crippen LogP contribution >= 0.6 is 11.3 Å². The summed E-state index contributed by atoms with van der Waals surface area (Å²) in [7, 11) is 0. The van der Waals surface area contributed by atoms with E-state index in [4.69, 9.17) is 14.5 Å². The smallest absolute Gasteiger partial charge is 0.338 e. The highest BCUT2D eigenvalue weighted by Crippen LogP contribution is 2.35. The number of nitrogens with one attached hydrogen (secondary N) is 2. The van der Waals surface area contributed by atoms with Crippen molar-refractivity contribution in [2.75, 3.05) is 39.4 Å². The summed E-state index contributed by atoms with van der Waals surface area (Å²) in [5.74, 6) is -0.212. The number of hydrogen-bond donors (Lipinski definition) is 2. The number of esters is 1. The minimum absolute atomic E-state index is 0.123. The van der Waals surface area contributed by atoms with Crippen LogP contribution in [-0.2, 0) is 14.3 Å². The van der Waals surface area contributed by atoms with Crippen molar-refractivity contribution < 1.29 is 18.7 Å². The second kappa shape index (κ2) is 9.91. The number of rotatable bonds is 6. The van der Waals surface area contributed by atoms with Crippen LogP contribution < -0.4 is 10.6 Å². The number of morpholine rings is 1. The van der Waals surface area contributed by atoms with Crippen LogP contribution in [0.2, 0.25) is 0 Å². The average Bonchev–Trinajstić information content (AvgIpc) is 3.53. The molecule has 2 fully saturated rings. The van der Waals surface area contributed by atoms with Gasteiger partial charge in [-0.1, -0.05) is 12.1 Å². The van der Waals surface area contributed by atoms with Gasteiger partial charge in [-0.25, -0.2) is 14.2 Å². The van der Waals surface area contributed by atoms with E-state index in [0.29, 0.717) is 46.4 Å². The summed E-state index contributed by atoms with van der Waals surface area (Å²) in [5, 5.41) is 9.37. The van der Waals surface area contributed by atoms with Crippen molar-refractivity contribution >= 4 is 23.1 Å². The third-order valence-corrected chi connectivity index (χ3v) is 7.31. The van der Waals surface area contributed by atoms with Crippen LogP contribution in [0, 0.1) is 12.7 Å². The number of carbonyl (C=O) groups is 1. The first kappa shape index (κ1) is 23.1. The van der Waals surface area contributed by atoms with Gasteiger partial charge in [-0.3, -0.25) is 9.89 Å². The maximum Gasteiger partial charge on any atom is 0.338 e. The lowest BCUT2D eigenvalue weighted by molar-refractivity contribution is -0.139. The van der Waals surface area contributed by atoms with Gasteiger partial charge in [0.15, 0.2) is 10.8 Å². The van der Waals surface area contributed by atoms with Gasteiger partial charge in [0.2, 0.25) is 0 Å². The van der Waals surface area contributed by atoms with Gasteiger partial charge < -0.3 is 20.1 Å². The summed E-state index contributed by atoms with van der Waals surface area (Å²) in [4.78, 5) is 24.9. The van der Waals surface area contributed by atoms with E-state index < -0.39 is 12.0 Å². The van der Waals surface area contributed by atoms with E-state index in [2.05, 4.69) is 20.5 Å². The normalized spacial score (nSPS) is 25.0. The SMILES string of the molecule is CCOC(=O)C1=C(CN2CCO[C@H]3CNC[C@@H]32)NC(c2nccs2)=N[C@H]1c1cccc(F)c1C. The van der Waals surface area contributed by atoms with Gasteiger partial charge in [-0.05, 0) is 31.0 Å². The molecule has 8 nitrogen and oxygen atoms in total. The Morgan fingerprint density at radius 3 is 3.06 bits per heavy atom. The van der Waals surface area contributed by atoms with Crippen LogP contribution in [0.25, 0.3) is 0 Å². The Balaban J connectivity index is 1.60. The topological polar surface area (TPSA) is 88.1 Å². The summed E-state index contributed by atoms with van der Waals surface area (Å²) >= 11 is 1.46. The third kappa shape index (κ3) is 4.38. The molecule has 3 aliphatic rings. The Bertz CT molecular complexity index is 1120. The molecule has 180 valence electrons. The summed E-state index contributed by atoms with van der Waals surface area (Å²) in [5.41, 5.74) is 2.22. The maximum atomic E-state index is 14.6. The first-order valence-electron chi connectivity index (χ1n) is 11.5. The maximum absolute atomic E-state index is 14.6. The van der Waals surface area contributed by atoms with Crippen molar-refractivity contribution in [3.8, 4) is 0 Å². The Labute approximate surface area is 201 Å². The van der Waals surface area contributed by atoms with E-state index in [1.807, 2.05) is 11.4 Å². The molecule has 5 rings (SSSR count). The second-order valence-electron chi connectivity index (χ2n) is 8.51. The lowest BCUT2D eigenvalue weighted by atomic mass is 9.92. The van der Waals surface area contributed by atoms with Crippen LogP contribution in [0.15, 0.2) is 46.0 Å². The molecule has 4 heterocycles. The van der Waals surface area contributed by atoms with Gasteiger partial charge in [0.1, 0.15) is 11.9 Å². The summed E-state index contributed by atoms with van der Waals surface area (Å²) in [6, 6.07) is 4.39. The molecule has 34 heavy (non-hydrogen) atoms. The Kier molecular flexibility index (Phi) is 6.73. The number of fused-ring (bicyclic) bond motifs is 1. The lowest BCUT2D eigenvalue weighted by Gasteiger charge is -2.38. The van der Waals surface area contributed by atoms with Crippen LogP contribution in [0.4, 0.5) is 4.39 Å². The number of hydrogen-bond acceptors (Lipinski definition) is 9. The van der Waals surface area contributed by atoms with E-state index in [0.717, 1.165) is 19.6 Å². The van der Waals surface area contributed by atoms with Crippen molar-refractivity contribution in [3.05, 3.63) is 63.0 Å². The van der Waals surface area contributed by atoms with Crippen molar-refractivity contribution in [2.45, 2.75) is 32.0 Å². The van der Waals surface area contributed by atoms with Gasteiger partial charge in [-0.2, -0.15) is 0 Å². The highest BCUT2D eigenvalue weighted by molar-refractivity contribution is 7.11. The summed E-state index contributed by atoms with van der Waals surface area (Å²) in [6.07, 6.45) is 1.84. The number of aromatic nitrogens is 1. The van der Waals surface area contributed by atoms with Crippen LogP contribution in [0.3, 0.4) is 0 Å². The van der Waals surface area contributed by atoms with Crippen molar-refractivity contribution in [2.24, 2.45) is 4.99 Å². The molecule has 10 heteroatoms. The fourth-order valence-corrected chi connectivity index (χ4v) is 5.41. The first-order valence-corrected chi connectivity index (χ1v) is 12.4. The van der Waals surface area contributed by atoms with Crippen LogP contribution in [-0.4, -0.2) is 73.2 Å². The molecule has 3 atom stereocenters. The van der Waals surface area contributed by atoms with E-state index in [1.165, 1.54) is 17.4 Å². The zero-order chi connectivity index (χ0) is 23.7. The zero-order valence-electron chi connectivity index (χ0n) is 19.2. The molecule has 1 aromatic heterocycles. The second-order valence-corrected chi connectivity index (χ2v) is 9.41. The summed E-state index contributed by atoms with van der Waals surface area (Å²) in [6.45, 7) is 7.24. The van der Waals surface area contributed by atoms with Gasteiger partial charge in [0.25, 0.3) is 0 Å². The number of aliphatic imine (C=N–C) groups is 1. The first-order chi connectivity index (χ1) is 16.6. The third-order valence-electron chi connectivity index (χ3n) is 6.53. The number of amidine groups is 1. The highest BCUT2D eigenvalue weighted by Gasteiger charge is 2.39. The van der Waals surface area contributed by atoms with Crippen LogP contribution in [0.1, 0.15) is 29.1 Å². The molecular weight excluding hydrogens is 457 g/mol. The Morgan fingerprint density at radius 2 is 2.26 bits per heavy atom. The molecule has 0 bridgehead atoms. The molecule has 0 amide bonds. The molecule has 3 aliphatic heterocycles. The highest BCUT2D eigenvalue weighted by atomic mass is 32.1. The number of benzene rings is 1. The van der Waals surface area contributed by atoms with E-state index in [9.17, 15) is 9.18 Å².